The van der Waals surface area contributed by atoms with Crippen LogP contribution in [0.15, 0.2) is 9.50 Å². The van der Waals surface area contributed by atoms with E-state index >= 15 is 0 Å². The molecule has 0 aromatic carbocycles. The molecule has 0 atom stereocenters. The quantitative estimate of drug-likeness (QED) is 0.240. The van der Waals surface area contributed by atoms with E-state index in [0.717, 1.165) is 19.6 Å². The fraction of sp³-hybridized carbons (Fsp3) is 0.818. The first-order valence-corrected chi connectivity index (χ1v) is 7.08. The number of nitrogens with one attached hydrogen (secondary N) is 1. The van der Waals surface area contributed by atoms with E-state index in [1.54, 1.807) is 0 Å². The van der Waals surface area contributed by atoms with E-state index < -0.39 is 0 Å². The lowest BCUT2D eigenvalue weighted by atomic mass is 10.4. The molecule has 8 nitrogen and oxygen atoms in total. The Morgan fingerprint density at radius 2 is 1.85 bits per heavy atom. The normalized spacial score (nSPS) is 15.3. The molecule has 0 amide bonds. The highest BCUT2D eigenvalue weighted by atomic mass is 35.5. The maximum Gasteiger partial charge on any atom is 0.203 e. The van der Waals surface area contributed by atoms with Crippen LogP contribution in [0.2, 0.25) is 0 Å². The van der Waals surface area contributed by atoms with E-state index in [1.165, 1.54) is 31.8 Å². The highest BCUT2D eigenvalue weighted by Crippen LogP contribution is 2.14. The number of nitrogens with zero attached hydrogens (tertiary/aromatic N) is 3. The summed E-state index contributed by atoms with van der Waals surface area (Å²) in [5, 5.41) is 3.03. The lowest BCUT2D eigenvalue weighted by molar-refractivity contribution is 0.492. The van der Waals surface area contributed by atoms with E-state index in [1.807, 2.05) is 0 Å². The van der Waals surface area contributed by atoms with Crippen LogP contribution in [0.5, 0.6) is 0 Å². The first-order valence-electron chi connectivity index (χ1n) is 6.74. The van der Waals surface area contributed by atoms with Gasteiger partial charge in [-0.05, 0) is 6.42 Å². The molecule has 0 bridgehead atoms. The third-order valence-corrected chi connectivity index (χ3v) is 2.79. The molecule has 118 valence electrons. The van der Waals surface area contributed by atoms with Crippen LogP contribution in [0.1, 0.15) is 12.8 Å². The predicted octanol–water partition coefficient (Wildman–Crippen LogP) is -1.60. The molecule has 1 fully saturated rings. The summed E-state index contributed by atoms with van der Waals surface area (Å²) in [6, 6.07) is 0. The Morgan fingerprint density at radius 3 is 2.30 bits per heavy atom. The molecule has 2 aliphatic heterocycles. The van der Waals surface area contributed by atoms with Gasteiger partial charge in [-0.15, -0.1) is 4.51 Å². The van der Waals surface area contributed by atoms with Gasteiger partial charge in [0.05, 0.1) is 12.4 Å². The van der Waals surface area contributed by atoms with E-state index in [9.17, 15) is 0 Å². The third-order valence-electron chi connectivity index (χ3n) is 2.60. The molecule has 2 aliphatic rings. The van der Waals surface area contributed by atoms with Gasteiger partial charge in [0.15, 0.2) is 0 Å². The third kappa shape index (κ3) is 9.79. The predicted molar refractivity (Wildman–Crippen MR) is 85.8 cm³/mol. The summed E-state index contributed by atoms with van der Waals surface area (Å²) in [5.74, 6) is 1.26. The van der Waals surface area contributed by atoms with E-state index in [-0.39, 0.29) is 5.96 Å². The first-order chi connectivity index (χ1) is 9.65. The number of rotatable bonds is 4. The molecule has 0 aromatic heterocycles. The van der Waals surface area contributed by atoms with Crippen molar-refractivity contribution in [2.75, 3.05) is 45.8 Å². The lowest BCUT2D eigenvalue weighted by Crippen LogP contribution is -2.27. The summed E-state index contributed by atoms with van der Waals surface area (Å²) in [5.41, 5.74) is 19.7. The summed E-state index contributed by atoms with van der Waals surface area (Å²) in [7, 11) is 0. The van der Waals surface area contributed by atoms with E-state index in [2.05, 4.69) is 43.0 Å². The second-order valence-corrected chi connectivity index (χ2v) is 4.39. The van der Waals surface area contributed by atoms with Gasteiger partial charge in [0.25, 0.3) is 0 Å². The Bertz CT molecular complexity index is 286. The zero-order valence-electron chi connectivity index (χ0n) is 11.9. The molecule has 2 rings (SSSR count). The highest BCUT2D eigenvalue weighted by molar-refractivity contribution is 6.19. The summed E-state index contributed by atoms with van der Waals surface area (Å²) in [4.78, 5) is 6.73. The van der Waals surface area contributed by atoms with Gasteiger partial charge in [0.2, 0.25) is 5.96 Å². The minimum Gasteiger partial charge on any atom is -0.369 e. The second-order valence-electron chi connectivity index (χ2n) is 4.23. The number of halogens is 1. The van der Waals surface area contributed by atoms with Crippen molar-refractivity contribution in [2.24, 2.45) is 32.4 Å². The average molecular weight is 307 g/mol. The Morgan fingerprint density at radius 1 is 1.25 bits per heavy atom. The zero-order chi connectivity index (χ0) is 15.2. The number of hydrogen-bond donors (Lipinski definition) is 5. The molecule has 0 radical (unpaired) electrons. The summed E-state index contributed by atoms with van der Waals surface area (Å²) in [6.07, 6.45) is 2.57. The van der Waals surface area contributed by atoms with Gasteiger partial charge in [-0.25, -0.2) is 0 Å². The summed E-state index contributed by atoms with van der Waals surface area (Å²) < 4.78 is 2.83. The van der Waals surface area contributed by atoms with Crippen LogP contribution in [0.3, 0.4) is 0 Å². The maximum atomic E-state index is 5.17. The van der Waals surface area contributed by atoms with Crippen molar-refractivity contribution in [1.82, 2.24) is 10.2 Å². The molecule has 1 saturated heterocycles. The molecule has 0 aliphatic carbocycles. The molecule has 0 aromatic rings. The Labute approximate surface area is 125 Å². The van der Waals surface area contributed by atoms with Gasteiger partial charge in [-0.1, -0.05) is 0 Å². The first kappa shape index (κ1) is 18.9. The van der Waals surface area contributed by atoms with Crippen molar-refractivity contribution >= 4 is 23.6 Å². The van der Waals surface area contributed by atoms with Crippen LogP contribution >= 0.6 is 11.8 Å². The molecule has 0 saturated carbocycles. The van der Waals surface area contributed by atoms with Crippen molar-refractivity contribution in [3.63, 3.8) is 0 Å². The van der Waals surface area contributed by atoms with Gasteiger partial charge in [-0.2, -0.15) is 0 Å². The Kier molecular flexibility index (Phi) is 12.2. The van der Waals surface area contributed by atoms with Crippen molar-refractivity contribution in [2.45, 2.75) is 12.8 Å². The summed E-state index contributed by atoms with van der Waals surface area (Å²) >= 11 is 4.67. The van der Waals surface area contributed by atoms with Crippen LogP contribution in [-0.4, -0.2) is 62.5 Å². The van der Waals surface area contributed by atoms with Crippen LogP contribution < -0.4 is 28.3 Å². The van der Waals surface area contributed by atoms with Gasteiger partial charge in [-0.3, -0.25) is 4.99 Å². The van der Waals surface area contributed by atoms with Gasteiger partial charge < -0.3 is 33.2 Å². The summed E-state index contributed by atoms with van der Waals surface area (Å²) in [6.45, 7) is 6.64. The Balaban J connectivity index is 0.000000281. The molecule has 0 spiro atoms. The Hall–Kier alpha value is -1.09. The smallest absolute Gasteiger partial charge is 0.203 e. The number of aliphatic imine (C=N–C) groups is 1. The topological polar surface area (TPSA) is 144 Å². The van der Waals surface area contributed by atoms with E-state index in [0.29, 0.717) is 13.1 Å². The van der Waals surface area contributed by atoms with Gasteiger partial charge in [0.1, 0.15) is 0 Å². The maximum absolute atomic E-state index is 5.17. The molecular weight excluding hydrogens is 280 g/mol. The van der Waals surface area contributed by atoms with Gasteiger partial charge >= 0.3 is 0 Å². The molecular formula is C11H27ClN8. The number of guanidine groups is 1. The highest BCUT2D eigenvalue weighted by Gasteiger charge is 2.20. The number of nitrogens with two attached hydrogens (primary N) is 4. The van der Waals surface area contributed by atoms with E-state index in [4.69, 9.17) is 11.5 Å². The number of hydrogen-bond acceptors (Lipinski definition) is 6. The van der Waals surface area contributed by atoms with Crippen molar-refractivity contribution in [1.29, 1.82) is 0 Å². The van der Waals surface area contributed by atoms with Gasteiger partial charge in [0, 0.05) is 57.5 Å². The zero-order valence-corrected chi connectivity index (χ0v) is 12.6. The van der Waals surface area contributed by atoms with Crippen molar-refractivity contribution in [3.8, 4) is 0 Å². The SMILES string of the molecule is C1CC2=NCCN2C1.NC(N)=NCl.NCCNCCN. The molecule has 0 unspecified atom stereocenters. The van der Waals surface area contributed by atoms with Crippen LogP contribution in [0.4, 0.5) is 0 Å². The van der Waals surface area contributed by atoms with Crippen LogP contribution in [0.25, 0.3) is 0 Å². The fourth-order valence-electron chi connectivity index (χ4n) is 1.76. The van der Waals surface area contributed by atoms with Crippen molar-refractivity contribution in [3.05, 3.63) is 0 Å². The minimum atomic E-state index is -0.105. The molecule has 2 heterocycles. The lowest BCUT2D eigenvalue weighted by Gasteiger charge is -2.08. The monoisotopic (exact) mass is 306 g/mol. The standard InChI is InChI=1S/C6H10N2.C4H13N3.CH4ClN3/c1-2-6-7-3-5-8(6)4-1;5-1-3-7-4-2-6;2-5-1(3)4/h1-5H2;7H,1-6H2;(H4,3,4,5). The second kappa shape index (κ2) is 12.9. The fourth-order valence-corrected chi connectivity index (χ4v) is 1.76. The van der Waals surface area contributed by atoms with Crippen LogP contribution in [0, 0.1) is 0 Å². The number of amidine groups is 1. The molecule has 20 heavy (non-hydrogen) atoms. The molecule has 9 heteroatoms. The van der Waals surface area contributed by atoms with Crippen molar-refractivity contribution < 1.29 is 0 Å². The largest absolute Gasteiger partial charge is 0.369 e. The molecule has 9 N–H and O–H groups in total. The average Bonchev–Trinajstić information content (AvgIpc) is 3.04. The number of fused-ring (bicyclic) bond motifs is 1. The minimum absolute atomic E-state index is 0.105. The van der Waals surface area contributed by atoms with Crippen LogP contribution in [-0.2, 0) is 0 Å².